The fraction of sp³-hybridized carbons (Fsp3) is 0. The van der Waals surface area contributed by atoms with Crippen molar-refractivity contribution in [2.45, 2.75) is 0 Å². The van der Waals surface area contributed by atoms with Crippen LogP contribution in [0.3, 0.4) is 0 Å². The van der Waals surface area contributed by atoms with E-state index in [4.69, 9.17) is 11.6 Å². The largest absolute Gasteiger partial charge is 0.289 e. The minimum absolute atomic E-state index is 0.0410. The van der Waals surface area contributed by atoms with Crippen LogP contribution in [0.25, 0.3) is 0 Å². The van der Waals surface area contributed by atoms with Gasteiger partial charge in [-0.3, -0.25) is 4.79 Å². The predicted molar refractivity (Wildman–Crippen MR) is 76.7 cm³/mol. The summed E-state index contributed by atoms with van der Waals surface area (Å²) in [6, 6.07) is 12.4. The molecule has 4 heteroatoms. The molecule has 86 valence electrons. The zero-order chi connectivity index (χ0) is 12.4. The Morgan fingerprint density at radius 1 is 0.882 bits per heavy atom. The number of hydrogen-bond acceptors (Lipinski definition) is 1. The molecule has 0 fully saturated rings. The van der Waals surface area contributed by atoms with Crippen LogP contribution in [-0.4, -0.2) is 5.78 Å². The van der Waals surface area contributed by atoms with Crippen molar-refractivity contribution >= 4 is 49.2 Å². The molecule has 0 unspecified atom stereocenters. The van der Waals surface area contributed by atoms with Crippen molar-refractivity contribution in [3.05, 3.63) is 67.6 Å². The van der Waals surface area contributed by atoms with Gasteiger partial charge in [0, 0.05) is 25.1 Å². The van der Waals surface area contributed by atoms with Crippen molar-refractivity contribution in [1.82, 2.24) is 0 Å². The lowest BCUT2D eigenvalue weighted by atomic mass is 10.0. The minimum Gasteiger partial charge on any atom is -0.289 e. The molecule has 0 saturated carbocycles. The molecule has 1 nitrogen and oxygen atoms in total. The van der Waals surface area contributed by atoms with Crippen molar-refractivity contribution in [2.75, 3.05) is 0 Å². The first-order chi connectivity index (χ1) is 8.06. The summed E-state index contributed by atoms with van der Waals surface area (Å²) in [6.45, 7) is 0. The topological polar surface area (TPSA) is 17.1 Å². The van der Waals surface area contributed by atoms with Gasteiger partial charge >= 0.3 is 0 Å². The average Bonchev–Trinajstić information content (AvgIpc) is 2.28. The molecule has 2 rings (SSSR count). The summed E-state index contributed by atoms with van der Waals surface area (Å²) in [6.07, 6.45) is 0. The maximum Gasteiger partial charge on any atom is 0.193 e. The number of benzene rings is 2. The Balaban J connectivity index is 2.40. The summed E-state index contributed by atoms with van der Waals surface area (Å²) >= 11 is 12.6. The Labute approximate surface area is 121 Å². The Kier molecular flexibility index (Phi) is 4.02. The highest BCUT2D eigenvalue weighted by Gasteiger charge is 2.10. The lowest BCUT2D eigenvalue weighted by Crippen LogP contribution is -2.00. The lowest BCUT2D eigenvalue weighted by molar-refractivity contribution is 0.103. The molecule has 0 saturated heterocycles. The van der Waals surface area contributed by atoms with Crippen molar-refractivity contribution in [3.63, 3.8) is 0 Å². The highest BCUT2D eigenvalue weighted by atomic mass is 79.9. The summed E-state index contributed by atoms with van der Waals surface area (Å²) in [5.74, 6) is -0.0410. The molecular weight excluding hydrogens is 367 g/mol. The molecule has 0 radical (unpaired) electrons. The zero-order valence-corrected chi connectivity index (χ0v) is 12.5. The van der Waals surface area contributed by atoms with Crippen LogP contribution in [0.15, 0.2) is 51.4 Å². The van der Waals surface area contributed by atoms with Crippen LogP contribution in [0.1, 0.15) is 15.9 Å². The maximum atomic E-state index is 12.2. The first kappa shape index (κ1) is 12.8. The Hall–Kier alpha value is -0.640. The zero-order valence-electron chi connectivity index (χ0n) is 8.58. The van der Waals surface area contributed by atoms with E-state index in [-0.39, 0.29) is 5.78 Å². The highest BCUT2D eigenvalue weighted by Crippen LogP contribution is 2.22. The molecule has 0 heterocycles. The lowest BCUT2D eigenvalue weighted by Gasteiger charge is -2.03. The number of ketones is 1. The third-order valence-electron chi connectivity index (χ3n) is 2.23. The number of hydrogen-bond donors (Lipinski definition) is 0. The smallest absolute Gasteiger partial charge is 0.193 e. The van der Waals surface area contributed by atoms with Crippen LogP contribution in [0.5, 0.6) is 0 Å². The van der Waals surface area contributed by atoms with E-state index >= 15 is 0 Å². The van der Waals surface area contributed by atoms with Gasteiger partial charge in [-0.2, -0.15) is 0 Å². The first-order valence-corrected chi connectivity index (χ1v) is 6.79. The van der Waals surface area contributed by atoms with Crippen LogP contribution >= 0.6 is 43.5 Å². The molecule has 0 aliphatic carbocycles. The molecule has 0 aromatic heterocycles. The predicted octanol–water partition coefficient (Wildman–Crippen LogP) is 5.10. The molecule has 0 atom stereocenters. The SMILES string of the molecule is O=C(c1ccc(Br)cc1)c1cc(Cl)cc(Br)c1. The number of carbonyl (C=O) groups is 1. The van der Waals surface area contributed by atoms with Crippen molar-refractivity contribution in [3.8, 4) is 0 Å². The molecule has 2 aromatic rings. The molecule has 0 amide bonds. The van der Waals surface area contributed by atoms with Crippen LogP contribution in [-0.2, 0) is 0 Å². The van der Waals surface area contributed by atoms with E-state index in [1.807, 2.05) is 12.1 Å². The molecule has 17 heavy (non-hydrogen) atoms. The number of rotatable bonds is 2. The van der Waals surface area contributed by atoms with Gasteiger partial charge in [0.1, 0.15) is 0 Å². The molecule has 0 aliphatic rings. The summed E-state index contributed by atoms with van der Waals surface area (Å²) in [5, 5.41) is 0.542. The van der Waals surface area contributed by atoms with Gasteiger partial charge in [-0.25, -0.2) is 0 Å². The van der Waals surface area contributed by atoms with Crippen LogP contribution in [0, 0.1) is 0 Å². The van der Waals surface area contributed by atoms with E-state index in [1.165, 1.54) is 0 Å². The van der Waals surface area contributed by atoms with Gasteiger partial charge < -0.3 is 0 Å². The summed E-state index contributed by atoms with van der Waals surface area (Å²) in [5.41, 5.74) is 1.22. The van der Waals surface area contributed by atoms with Crippen molar-refractivity contribution < 1.29 is 4.79 Å². The molecule has 2 aromatic carbocycles. The Morgan fingerprint density at radius 2 is 1.53 bits per heavy atom. The van der Waals surface area contributed by atoms with E-state index < -0.39 is 0 Å². The van der Waals surface area contributed by atoms with Gasteiger partial charge in [0.05, 0.1) is 0 Å². The Bertz CT molecular complexity index is 544. The second-order valence-corrected chi connectivity index (χ2v) is 5.76. The van der Waals surface area contributed by atoms with Crippen LogP contribution in [0.4, 0.5) is 0 Å². The van der Waals surface area contributed by atoms with Crippen LogP contribution < -0.4 is 0 Å². The standard InChI is InChI=1S/C13H7Br2ClO/c14-10-3-1-8(2-4-10)13(17)9-5-11(15)7-12(16)6-9/h1-7H. The third-order valence-corrected chi connectivity index (χ3v) is 3.44. The second-order valence-electron chi connectivity index (χ2n) is 3.49. The van der Waals surface area contributed by atoms with E-state index in [1.54, 1.807) is 30.3 Å². The second kappa shape index (κ2) is 5.34. The van der Waals surface area contributed by atoms with Crippen LogP contribution in [0.2, 0.25) is 5.02 Å². The Morgan fingerprint density at radius 3 is 2.12 bits per heavy atom. The van der Waals surface area contributed by atoms with E-state index in [0.717, 1.165) is 8.95 Å². The van der Waals surface area contributed by atoms with Crippen molar-refractivity contribution in [1.29, 1.82) is 0 Å². The molecular formula is C13H7Br2ClO. The number of halogens is 3. The highest BCUT2D eigenvalue weighted by molar-refractivity contribution is 9.10. The van der Waals surface area contributed by atoms with E-state index in [0.29, 0.717) is 16.1 Å². The maximum absolute atomic E-state index is 12.2. The van der Waals surface area contributed by atoms with Gasteiger partial charge in [0.15, 0.2) is 5.78 Å². The fourth-order valence-corrected chi connectivity index (χ4v) is 2.58. The summed E-state index contributed by atoms with van der Waals surface area (Å²) in [7, 11) is 0. The molecule has 0 spiro atoms. The minimum atomic E-state index is -0.0410. The molecule has 0 aliphatic heterocycles. The van der Waals surface area contributed by atoms with Gasteiger partial charge in [-0.1, -0.05) is 43.5 Å². The van der Waals surface area contributed by atoms with Gasteiger partial charge in [-0.05, 0) is 42.5 Å². The number of carbonyl (C=O) groups excluding carboxylic acids is 1. The third kappa shape index (κ3) is 3.18. The fourth-order valence-electron chi connectivity index (χ4n) is 1.45. The van der Waals surface area contributed by atoms with Gasteiger partial charge in [0.2, 0.25) is 0 Å². The van der Waals surface area contributed by atoms with Gasteiger partial charge in [0.25, 0.3) is 0 Å². The first-order valence-electron chi connectivity index (χ1n) is 4.82. The van der Waals surface area contributed by atoms with Gasteiger partial charge in [-0.15, -0.1) is 0 Å². The summed E-state index contributed by atoms with van der Waals surface area (Å²) < 4.78 is 1.74. The summed E-state index contributed by atoms with van der Waals surface area (Å²) in [4.78, 5) is 12.2. The molecule has 0 N–H and O–H groups in total. The normalized spacial score (nSPS) is 10.3. The average molecular weight is 374 g/mol. The monoisotopic (exact) mass is 372 g/mol. The molecule has 0 bridgehead atoms. The van der Waals surface area contributed by atoms with E-state index in [9.17, 15) is 4.79 Å². The van der Waals surface area contributed by atoms with E-state index in [2.05, 4.69) is 31.9 Å². The quantitative estimate of drug-likeness (QED) is 0.669. The van der Waals surface area contributed by atoms with Crippen molar-refractivity contribution in [2.24, 2.45) is 0 Å².